The monoisotopic (exact) mass is 382 g/mol. The fourth-order valence-corrected chi connectivity index (χ4v) is 4.64. The molecule has 3 rings (SSSR count). The van der Waals surface area contributed by atoms with E-state index in [0.717, 1.165) is 29.2 Å². The lowest BCUT2D eigenvalue weighted by Crippen LogP contribution is -2.16. The van der Waals surface area contributed by atoms with Gasteiger partial charge in [-0.1, -0.05) is 6.07 Å². The molecular weight excluding hydrogens is 364 g/mol. The number of para-hydroxylation sites is 1. The van der Waals surface area contributed by atoms with Crippen molar-refractivity contribution >= 4 is 33.0 Å². The zero-order valence-electron chi connectivity index (χ0n) is 13.7. The Hall–Kier alpha value is -2.13. The predicted molar refractivity (Wildman–Crippen MR) is 94.1 cm³/mol. The first-order chi connectivity index (χ1) is 11.8. The number of carboxylic acid groups (broad SMARTS) is 1. The summed E-state index contributed by atoms with van der Waals surface area (Å²) in [5.74, 6) is -0.824. The highest BCUT2D eigenvalue weighted by Gasteiger charge is 2.29. The van der Waals surface area contributed by atoms with Crippen molar-refractivity contribution in [2.75, 3.05) is 4.72 Å². The minimum Gasteiger partial charge on any atom is -0.488 e. The molecule has 0 amide bonds. The first-order valence-electron chi connectivity index (χ1n) is 7.79. The standard InChI is InChI=1S/C16H18N2O5S2/c1-9(2)23-14-11(16(19)20)4-3-5-12(14)18-25(21,22)13-8-17-15(24-13)10-6-7-10/h3-5,8-10,18H,6-7H2,1-2H3,(H,19,20). The van der Waals surface area contributed by atoms with Gasteiger partial charge in [0.25, 0.3) is 10.0 Å². The van der Waals surface area contributed by atoms with Crippen molar-refractivity contribution in [1.82, 2.24) is 4.98 Å². The van der Waals surface area contributed by atoms with Crippen LogP contribution in [0.2, 0.25) is 0 Å². The van der Waals surface area contributed by atoms with Gasteiger partial charge >= 0.3 is 5.97 Å². The number of ether oxygens (including phenoxy) is 1. The fourth-order valence-electron chi connectivity index (χ4n) is 2.26. The summed E-state index contributed by atoms with van der Waals surface area (Å²) in [4.78, 5) is 15.6. The summed E-state index contributed by atoms with van der Waals surface area (Å²) in [7, 11) is -3.87. The largest absolute Gasteiger partial charge is 0.488 e. The molecule has 2 N–H and O–H groups in total. The van der Waals surface area contributed by atoms with Crippen molar-refractivity contribution in [3.63, 3.8) is 0 Å². The molecule has 0 aliphatic heterocycles. The summed E-state index contributed by atoms with van der Waals surface area (Å²) in [6, 6.07) is 4.32. The lowest BCUT2D eigenvalue weighted by Gasteiger charge is -2.17. The normalized spacial score (nSPS) is 14.5. The second kappa shape index (κ2) is 6.64. The molecule has 1 aromatic heterocycles. The van der Waals surface area contributed by atoms with Gasteiger partial charge in [-0.15, -0.1) is 11.3 Å². The van der Waals surface area contributed by atoms with Crippen LogP contribution in [0.25, 0.3) is 0 Å². The second-order valence-electron chi connectivity index (χ2n) is 6.05. The number of thiazole rings is 1. The molecular formula is C16H18N2O5S2. The average Bonchev–Trinajstić information content (AvgIpc) is 3.24. The number of aromatic nitrogens is 1. The van der Waals surface area contributed by atoms with Crippen molar-refractivity contribution in [2.24, 2.45) is 0 Å². The molecule has 1 aliphatic carbocycles. The number of anilines is 1. The second-order valence-corrected chi connectivity index (χ2v) is 9.02. The predicted octanol–water partition coefficient (Wildman–Crippen LogP) is 3.31. The fraction of sp³-hybridized carbons (Fsp3) is 0.375. The Morgan fingerprint density at radius 1 is 1.40 bits per heavy atom. The molecule has 134 valence electrons. The third-order valence-corrected chi connectivity index (χ3v) is 6.52. The molecule has 1 aromatic carbocycles. The number of carbonyl (C=O) groups is 1. The Balaban J connectivity index is 1.95. The van der Waals surface area contributed by atoms with Gasteiger partial charge in [-0.2, -0.15) is 0 Å². The molecule has 1 fully saturated rings. The van der Waals surface area contributed by atoms with E-state index < -0.39 is 16.0 Å². The number of hydrogen-bond acceptors (Lipinski definition) is 6. The quantitative estimate of drug-likeness (QED) is 0.761. The van der Waals surface area contributed by atoms with Crippen LogP contribution >= 0.6 is 11.3 Å². The van der Waals surface area contributed by atoms with Gasteiger partial charge < -0.3 is 9.84 Å². The molecule has 7 nitrogen and oxygen atoms in total. The Morgan fingerprint density at radius 2 is 2.12 bits per heavy atom. The highest BCUT2D eigenvalue weighted by atomic mass is 32.2. The van der Waals surface area contributed by atoms with Crippen LogP contribution in [0, 0.1) is 0 Å². The smallest absolute Gasteiger partial charge is 0.339 e. The average molecular weight is 382 g/mol. The van der Waals surface area contributed by atoms with Crippen LogP contribution in [0.1, 0.15) is 48.0 Å². The van der Waals surface area contributed by atoms with Crippen LogP contribution < -0.4 is 9.46 Å². The molecule has 1 saturated carbocycles. The number of benzene rings is 1. The lowest BCUT2D eigenvalue weighted by atomic mass is 10.1. The van der Waals surface area contributed by atoms with E-state index in [9.17, 15) is 18.3 Å². The highest BCUT2D eigenvalue weighted by Crippen LogP contribution is 2.42. The Morgan fingerprint density at radius 3 is 2.72 bits per heavy atom. The van der Waals surface area contributed by atoms with E-state index in [1.165, 1.54) is 24.4 Å². The van der Waals surface area contributed by atoms with Crippen LogP contribution in [0.5, 0.6) is 5.75 Å². The maximum atomic E-state index is 12.6. The molecule has 0 spiro atoms. The number of hydrogen-bond donors (Lipinski definition) is 2. The van der Waals surface area contributed by atoms with Crippen molar-refractivity contribution in [3.05, 3.63) is 35.0 Å². The third-order valence-electron chi connectivity index (χ3n) is 3.54. The summed E-state index contributed by atoms with van der Waals surface area (Å²) in [6.07, 6.45) is 3.10. The third kappa shape index (κ3) is 3.93. The molecule has 0 radical (unpaired) electrons. The van der Waals surface area contributed by atoms with E-state index in [2.05, 4.69) is 9.71 Å². The van der Waals surface area contributed by atoms with Gasteiger partial charge in [0, 0.05) is 5.92 Å². The zero-order valence-corrected chi connectivity index (χ0v) is 15.4. The van der Waals surface area contributed by atoms with Gasteiger partial charge in [0.15, 0.2) is 9.96 Å². The van der Waals surface area contributed by atoms with Gasteiger partial charge in [-0.25, -0.2) is 18.2 Å². The van der Waals surface area contributed by atoms with Gasteiger partial charge in [-0.3, -0.25) is 4.72 Å². The van der Waals surface area contributed by atoms with Gasteiger partial charge in [0.05, 0.1) is 23.0 Å². The molecule has 1 heterocycles. The van der Waals surface area contributed by atoms with Crippen LogP contribution in [-0.4, -0.2) is 30.6 Å². The summed E-state index contributed by atoms with van der Waals surface area (Å²) >= 11 is 1.14. The SMILES string of the molecule is CC(C)Oc1c(NS(=O)(=O)c2cnc(C3CC3)s2)cccc1C(=O)O. The summed E-state index contributed by atoms with van der Waals surface area (Å²) in [6.45, 7) is 3.48. The first kappa shape index (κ1) is 17.7. The molecule has 0 bridgehead atoms. The van der Waals surface area contributed by atoms with Gasteiger partial charge in [0.1, 0.15) is 5.56 Å². The van der Waals surface area contributed by atoms with E-state index >= 15 is 0 Å². The first-order valence-corrected chi connectivity index (χ1v) is 10.1. The Labute approximate surface area is 149 Å². The lowest BCUT2D eigenvalue weighted by molar-refractivity contribution is 0.0690. The summed E-state index contributed by atoms with van der Waals surface area (Å²) in [5, 5.41) is 10.1. The van der Waals surface area contributed by atoms with Crippen molar-refractivity contribution in [2.45, 2.75) is 42.9 Å². The Kier molecular flexibility index (Phi) is 4.70. The van der Waals surface area contributed by atoms with E-state index in [4.69, 9.17) is 4.74 Å². The number of nitrogens with zero attached hydrogens (tertiary/aromatic N) is 1. The maximum Gasteiger partial charge on any atom is 0.339 e. The van der Waals surface area contributed by atoms with E-state index in [0.29, 0.717) is 5.92 Å². The molecule has 25 heavy (non-hydrogen) atoms. The van der Waals surface area contributed by atoms with Gasteiger partial charge in [-0.05, 0) is 38.8 Å². The van der Waals surface area contributed by atoms with Crippen LogP contribution in [0.15, 0.2) is 28.6 Å². The van der Waals surface area contributed by atoms with Crippen LogP contribution in [0.3, 0.4) is 0 Å². The summed E-state index contributed by atoms with van der Waals surface area (Å²) in [5.41, 5.74) is -0.00755. The van der Waals surface area contributed by atoms with E-state index in [1.54, 1.807) is 13.8 Å². The van der Waals surface area contributed by atoms with E-state index in [1.807, 2.05) is 0 Å². The number of rotatable bonds is 7. The molecule has 0 atom stereocenters. The highest BCUT2D eigenvalue weighted by molar-refractivity contribution is 7.94. The molecule has 2 aromatic rings. The molecule has 0 saturated heterocycles. The number of sulfonamides is 1. The van der Waals surface area contributed by atoms with Crippen molar-refractivity contribution < 1.29 is 23.1 Å². The molecule has 0 unspecified atom stereocenters. The van der Waals surface area contributed by atoms with Crippen LogP contribution in [0.4, 0.5) is 5.69 Å². The maximum absolute atomic E-state index is 12.6. The van der Waals surface area contributed by atoms with E-state index in [-0.39, 0.29) is 27.3 Å². The molecule has 9 heteroatoms. The molecule has 1 aliphatic rings. The summed E-state index contributed by atoms with van der Waals surface area (Å²) < 4.78 is 33.4. The Bertz CT molecular complexity index is 901. The minimum atomic E-state index is -3.87. The van der Waals surface area contributed by atoms with Crippen LogP contribution in [-0.2, 0) is 10.0 Å². The van der Waals surface area contributed by atoms with Crippen molar-refractivity contribution in [1.29, 1.82) is 0 Å². The van der Waals surface area contributed by atoms with Crippen molar-refractivity contribution in [3.8, 4) is 5.75 Å². The topological polar surface area (TPSA) is 106 Å². The zero-order chi connectivity index (χ0) is 18.2. The number of aromatic carboxylic acids is 1. The number of nitrogens with one attached hydrogen (secondary N) is 1. The minimum absolute atomic E-state index is 0.000469. The number of carboxylic acids is 1. The van der Waals surface area contributed by atoms with Gasteiger partial charge in [0.2, 0.25) is 0 Å².